The Morgan fingerprint density at radius 1 is 0.920 bits per heavy atom. The highest BCUT2D eigenvalue weighted by Gasteiger charge is 2.18. The predicted octanol–water partition coefficient (Wildman–Crippen LogP) is 3.80. The summed E-state index contributed by atoms with van der Waals surface area (Å²) < 4.78 is 0. The number of rotatable bonds is 7. The number of carbonyl (C=O) groups is 1. The van der Waals surface area contributed by atoms with Gasteiger partial charge in [-0.1, -0.05) is 48.5 Å². The molecule has 0 bridgehead atoms. The van der Waals surface area contributed by atoms with Crippen LogP contribution in [-0.4, -0.2) is 54.6 Å². The third kappa shape index (κ3) is 5.18. The number of piperazine rings is 1. The normalized spacial score (nSPS) is 16.0. The zero-order valence-electron chi connectivity index (χ0n) is 14.9. The van der Waals surface area contributed by atoms with Crippen LogP contribution < -0.4 is 0 Å². The summed E-state index contributed by atoms with van der Waals surface area (Å²) in [6.45, 7) is 6.12. The molecule has 0 atom stereocenters. The lowest BCUT2D eigenvalue weighted by Gasteiger charge is -2.34. The molecule has 132 valence electrons. The highest BCUT2D eigenvalue weighted by Crippen LogP contribution is 2.21. The highest BCUT2D eigenvalue weighted by atomic mass is 32.2. The summed E-state index contributed by atoms with van der Waals surface area (Å²) >= 11 is 1.65. The first-order chi connectivity index (χ1) is 12.3. The molecular formula is C21H26N2OS. The molecule has 0 aromatic heterocycles. The smallest absolute Gasteiger partial charge is 0.165 e. The summed E-state index contributed by atoms with van der Waals surface area (Å²) in [5, 5.41) is 0. The number of benzene rings is 2. The van der Waals surface area contributed by atoms with Gasteiger partial charge in [0.15, 0.2) is 5.78 Å². The van der Waals surface area contributed by atoms with E-state index in [1.807, 2.05) is 30.5 Å². The number of Topliss-reactive ketones (excluding diaryl/α,β-unsaturated/α-hetero) is 1. The zero-order valence-corrected chi connectivity index (χ0v) is 15.7. The number of hydrogen-bond donors (Lipinski definition) is 0. The maximum atomic E-state index is 12.5. The molecule has 1 aliphatic heterocycles. The largest absolute Gasteiger partial charge is 0.300 e. The van der Waals surface area contributed by atoms with Gasteiger partial charge in [0.2, 0.25) is 0 Å². The van der Waals surface area contributed by atoms with Gasteiger partial charge in [0, 0.05) is 56.1 Å². The van der Waals surface area contributed by atoms with Gasteiger partial charge in [-0.3, -0.25) is 9.69 Å². The highest BCUT2D eigenvalue weighted by molar-refractivity contribution is 7.98. The molecule has 1 saturated heterocycles. The zero-order chi connectivity index (χ0) is 17.5. The van der Waals surface area contributed by atoms with E-state index in [9.17, 15) is 4.79 Å². The van der Waals surface area contributed by atoms with Crippen molar-refractivity contribution in [3.8, 4) is 0 Å². The van der Waals surface area contributed by atoms with Gasteiger partial charge in [-0.25, -0.2) is 0 Å². The van der Waals surface area contributed by atoms with Crippen LogP contribution >= 0.6 is 11.8 Å². The molecule has 0 spiro atoms. The minimum atomic E-state index is 0.261. The minimum absolute atomic E-state index is 0.261. The van der Waals surface area contributed by atoms with Gasteiger partial charge >= 0.3 is 0 Å². The summed E-state index contributed by atoms with van der Waals surface area (Å²) in [7, 11) is 0. The average Bonchev–Trinajstić information content (AvgIpc) is 2.68. The molecule has 2 aromatic rings. The molecule has 1 heterocycles. The van der Waals surface area contributed by atoms with Crippen molar-refractivity contribution < 1.29 is 4.79 Å². The number of hydrogen-bond acceptors (Lipinski definition) is 4. The fourth-order valence-electron chi connectivity index (χ4n) is 3.28. The molecule has 3 nitrogen and oxygen atoms in total. The van der Waals surface area contributed by atoms with Crippen LogP contribution in [0, 0.1) is 0 Å². The molecule has 1 aliphatic rings. The topological polar surface area (TPSA) is 23.6 Å². The van der Waals surface area contributed by atoms with Crippen LogP contribution in [0.1, 0.15) is 22.3 Å². The molecule has 0 aliphatic carbocycles. The van der Waals surface area contributed by atoms with Crippen LogP contribution in [0.2, 0.25) is 0 Å². The first-order valence-corrected chi connectivity index (χ1v) is 10.1. The summed E-state index contributed by atoms with van der Waals surface area (Å²) in [5.41, 5.74) is 2.25. The van der Waals surface area contributed by atoms with Crippen LogP contribution in [-0.2, 0) is 6.54 Å². The fourth-order valence-corrected chi connectivity index (χ4v) is 3.90. The molecule has 0 N–H and O–H groups in total. The monoisotopic (exact) mass is 354 g/mol. The second-order valence-electron chi connectivity index (χ2n) is 6.48. The molecule has 0 saturated carbocycles. The maximum Gasteiger partial charge on any atom is 0.165 e. The van der Waals surface area contributed by atoms with E-state index in [0.717, 1.165) is 49.7 Å². The Balaban J connectivity index is 1.44. The van der Waals surface area contributed by atoms with Crippen LogP contribution in [0.25, 0.3) is 0 Å². The van der Waals surface area contributed by atoms with Gasteiger partial charge in [-0.2, -0.15) is 0 Å². The summed E-state index contributed by atoms with van der Waals surface area (Å²) in [6.07, 6.45) is 2.63. The molecule has 0 radical (unpaired) electrons. The van der Waals surface area contributed by atoms with E-state index >= 15 is 0 Å². The first-order valence-electron chi connectivity index (χ1n) is 8.91. The lowest BCUT2D eigenvalue weighted by Crippen LogP contribution is -2.46. The van der Waals surface area contributed by atoms with Crippen LogP contribution in [0.15, 0.2) is 59.5 Å². The summed E-state index contributed by atoms with van der Waals surface area (Å²) in [4.78, 5) is 18.5. The molecule has 3 rings (SSSR count). The van der Waals surface area contributed by atoms with Gasteiger partial charge in [0.05, 0.1) is 0 Å². The molecule has 25 heavy (non-hydrogen) atoms. The standard InChI is InChI=1S/C21H26N2OS/c1-25-21-10-6-5-9-19(21)20(24)11-12-22-13-15-23(16-14-22)17-18-7-3-2-4-8-18/h2-10H,11-17H2,1H3. The summed E-state index contributed by atoms with van der Waals surface area (Å²) in [6, 6.07) is 18.6. The fraction of sp³-hybridized carbons (Fsp3) is 0.381. The van der Waals surface area contributed by atoms with E-state index in [0.29, 0.717) is 6.42 Å². The van der Waals surface area contributed by atoms with Crippen molar-refractivity contribution in [2.24, 2.45) is 0 Å². The Hall–Kier alpha value is -1.62. The lowest BCUT2D eigenvalue weighted by molar-refractivity contribution is 0.0920. The van der Waals surface area contributed by atoms with Gasteiger partial charge in [-0.05, 0) is 17.9 Å². The molecule has 2 aromatic carbocycles. The SMILES string of the molecule is CSc1ccccc1C(=O)CCN1CCN(Cc2ccccc2)CC1. The Kier molecular flexibility index (Phi) is 6.68. The van der Waals surface area contributed by atoms with Gasteiger partial charge < -0.3 is 4.90 Å². The van der Waals surface area contributed by atoms with Crippen molar-refractivity contribution in [3.63, 3.8) is 0 Å². The number of carbonyl (C=O) groups excluding carboxylic acids is 1. The van der Waals surface area contributed by atoms with Gasteiger partial charge in [0.25, 0.3) is 0 Å². The lowest BCUT2D eigenvalue weighted by atomic mass is 10.1. The average molecular weight is 355 g/mol. The molecule has 0 amide bonds. The van der Waals surface area contributed by atoms with E-state index in [4.69, 9.17) is 0 Å². The van der Waals surface area contributed by atoms with E-state index in [2.05, 4.69) is 40.1 Å². The minimum Gasteiger partial charge on any atom is -0.300 e. The molecular weight excluding hydrogens is 328 g/mol. The van der Waals surface area contributed by atoms with Crippen LogP contribution in [0.4, 0.5) is 0 Å². The van der Waals surface area contributed by atoms with Crippen molar-refractivity contribution in [1.82, 2.24) is 9.80 Å². The third-order valence-corrected chi connectivity index (χ3v) is 5.57. The quantitative estimate of drug-likeness (QED) is 0.557. The number of ketones is 1. The third-order valence-electron chi connectivity index (χ3n) is 4.78. The Bertz CT molecular complexity index is 681. The number of thioether (sulfide) groups is 1. The van der Waals surface area contributed by atoms with Gasteiger partial charge in [-0.15, -0.1) is 11.8 Å². The van der Waals surface area contributed by atoms with Crippen molar-refractivity contribution in [1.29, 1.82) is 0 Å². The van der Waals surface area contributed by atoms with E-state index in [1.165, 1.54) is 5.56 Å². The Morgan fingerprint density at radius 2 is 1.56 bits per heavy atom. The van der Waals surface area contributed by atoms with E-state index in [1.54, 1.807) is 11.8 Å². The van der Waals surface area contributed by atoms with Crippen LogP contribution in [0.3, 0.4) is 0 Å². The van der Waals surface area contributed by atoms with Crippen molar-refractivity contribution in [2.75, 3.05) is 39.0 Å². The summed E-state index contributed by atoms with van der Waals surface area (Å²) in [5.74, 6) is 0.261. The van der Waals surface area contributed by atoms with E-state index < -0.39 is 0 Å². The second kappa shape index (κ2) is 9.18. The second-order valence-corrected chi connectivity index (χ2v) is 7.32. The van der Waals surface area contributed by atoms with Crippen molar-refractivity contribution in [3.05, 3.63) is 65.7 Å². The van der Waals surface area contributed by atoms with Crippen molar-refractivity contribution >= 4 is 17.5 Å². The molecule has 0 unspecified atom stereocenters. The Morgan fingerprint density at radius 3 is 2.28 bits per heavy atom. The van der Waals surface area contributed by atoms with Gasteiger partial charge in [0.1, 0.15) is 0 Å². The Labute approximate surface area is 155 Å². The maximum absolute atomic E-state index is 12.5. The predicted molar refractivity (Wildman–Crippen MR) is 105 cm³/mol. The molecule has 4 heteroatoms. The number of nitrogens with zero attached hydrogens (tertiary/aromatic N) is 2. The first kappa shape index (κ1) is 18.2. The van der Waals surface area contributed by atoms with Crippen LogP contribution in [0.5, 0.6) is 0 Å². The van der Waals surface area contributed by atoms with E-state index in [-0.39, 0.29) is 5.78 Å². The molecule has 1 fully saturated rings. The van der Waals surface area contributed by atoms with Crippen molar-refractivity contribution in [2.45, 2.75) is 17.9 Å².